The topological polar surface area (TPSA) is 91.7 Å². The molecule has 4 rings (SSSR count). The van der Waals surface area contributed by atoms with E-state index in [1.807, 2.05) is 0 Å². The van der Waals surface area contributed by atoms with Crippen molar-refractivity contribution < 1.29 is 32.0 Å². The molecule has 3 aromatic rings. The third kappa shape index (κ3) is 5.28. The maximum absolute atomic E-state index is 13.0. The van der Waals surface area contributed by atoms with Gasteiger partial charge >= 0.3 is 6.18 Å². The van der Waals surface area contributed by atoms with Gasteiger partial charge in [0.15, 0.2) is 5.76 Å². The summed E-state index contributed by atoms with van der Waals surface area (Å²) < 4.78 is 44.0. The van der Waals surface area contributed by atoms with Crippen LogP contribution in [0.25, 0.3) is 0 Å². The van der Waals surface area contributed by atoms with Crippen molar-refractivity contribution in [2.75, 3.05) is 16.8 Å². The molecular formula is C24H20F3N3O4. The van der Waals surface area contributed by atoms with E-state index in [4.69, 9.17) is 4.42 Å². The molecule has 1 atom stereocenters. The van der Waals surface area contributed by atoms with E-state index in [0.717, 1.165) is 12.1 Å². The fourth-order valence-corrected chi connectivity index (χ4v) is 3.68. The Bertz CT molecular complexity index is 1210. The van der Waals surface area contributed by atoms with Crippen molar-refractivity contribution in [3.8, 4) is 0 Å². The smallest absolute Gasteiger partial charge is 0.416 e. The van der Waals surface area contributed by atoms with Crippen LogP contribution in [0.2, 0.25) is 0 Å². The molecule has 1 aromatic heterocycles. The van der Waals surface area contributed by atoms with Gasteiger partial charge in [0.2, 0.25) is 11.8 Å². The first-order valence-electron chi connectivity index (χ1n) is 10.4. The zero-order valence-corrected chi connectivity index (χ0v) is 17.8. The van der Waals surface area contributed by atoms with E-state index < -0.39 is 29.5 Å². The van der Waals surface area contributed by atoms with Crippen LogP contribution < -0.4 is 15.5 Å². The summed E-state index contributed by atoms with van der Waals surface area (Å²) in [6.45, 7) is 0.142. The lowest BCUT2D eigenvalue weighted by molar-refractivity contribution is -0.137. The third-order valence-electron chi connectivity index (χ3n) is 5.38. The number of furan rings is 1. The van der Waals surface area contributed by atoms with Crippen LogP contribution in [0.4, 0.5) is 24.5 Å². The molecule has 10 heteroatoms. The molecule has 1 saturated heterocycles. The SMILES string of the molecule is O=C(Nc1cccc(CNC(=O)C2CC(=O)N(c3cccc(C(F)(F)F)c3)C2)c1)c1ccco1. The minimum atomic E-state index is -4.53. The molecule has 0 saturated carbocycles. The highest BCUT2D eigenvalue weighted by Crippen LogP contribution is 2.33. The summed E-state index contributed by atoms with van der Waals surface area (Å²) in [7, 11) is 0. The summed E-state index contributed by atoms with van der Waals surface area (Å²) in [5, 5.41) is 5.44. The molecule has 0 bridgehead atoms. The molecule has 0 aliphatic carbocycles. The Morgan fingerprint density at radius 1 is 1.06 bits per heavy atom. The van der Waals surface area contributed by atoms with Crippen LogP contribution in [-0.2, 0) is 22.3 Å². The lowest BCUT2D eigenvalue weighted by Gasteiger charge is -2.18. The Kier molecular flexibility index (Phi) is 6.40. The van der Waals surface area contributed by atoms with Crippen LogP contribution in [0.3, 0.4) is 0 Å². The van der Waals surface area contributed by atoms with E-state index >= 15 is 0 Å². The Balaban J connectivity index is 1.35. The van der Waals surface area contributed by atoms with E-state index in [1.54, 1.807) is 30.3 Å². The highest BCUT2D eigenvalue weighted by Gasteiger charge is 2.36. The molecule has 7 nitrogen and oxygen atoms in total. The average Bonchev–Trinajstić information content (AvgIpc) is 3.47. The van der Waals surface area contributed by atoms with Gasteiger partial charge in [0, 0.05) is 30.9 Å². The zero-order chi connectivity index (χ0) is 24.3. The van der Waals surface area contributed by atoms with Gasteiger partial charge in [0.25, 0.3) is 5.91 Å². The second-order valence-corrected chi connectivity index (χ2v) is 7.80. The zero-order valence-electron chi connectivity index (χ0n) is 17.8. The number of benzene rings is 2. The van der Waals surface area contributed by atoms with Gasteiger partial charge in [-0.25, -0.2) is 0 Å². The van der Waals surface area contributed by atoms with E-state index in [-0.39, 0.29) is 36.9 Å². The van der Waals surface area contributed by atoms with Gasteiger partial charge < -0.3 is 20.0 Å². The van der Waals surface area contributed by atoms with Crippen molar-refractivity contribution in [1.29, 1.82) is 0 Å². The van der Waals surface area contributed by atoms with Crippen molar-refractivity contribution in [3.05, 3.63) is 83.8 Å². The van der Waals surface area contributed by atoms with Gasteiger partial charge in [-0.05, 0) is 48.0 Å². The summed E-state index contributed by atoms with van der Waals surface area (Å²) in [5.41, 5.74) is 0.476. The molecule has 1 unspecified atom stereocenters. The number of amides is 3. The van der Waals surface area contributed by atoms with Crippen molar-refractivity contribution in [2.45, 2.75) is 19.1 Å². The molecule has 34 heavy (non-hydrogen) atoms. The van der Waals surface area contributed by atoms with Gasteiger partial charge in [-0.1, -0.05) is 18.2 Å². The summed E-state index contributed by atoms with van der Waals surface area (Å²) in [6, 6.07) is 14.5. The quantitative estimate of drug-likeness (QED) is 0.563. The number of carbonyl (C=O) groups excluding carboxylic acids is 3. The second-order valence-electron chi connectivity index (χ2n) is 7.80. The van der Waals surface area contributed by atoms with Crippen LogP contribution in [0.5, 0.6) is 0 Å². The van der Waals surface area contributed by atoms with E-state index in [0.29, 0.717) is 11.3 Å². The van der Waals surface area contributed by atoms with Crippen LogP contribution in [0.15, 0.2) is 71.3 Å². The molecule has 0 radical (unpaired) electrons. The number of nitrogens with zero attached hydrogens (tertiary/aromatic N) is 1. The molecule has 1 fully saturated rings. The number of halogens is 3. The summed E-state index contributed by atoms with van der Waals surface area (Å²) in [6.07, 6.45) is -3.23. The Morgan fingerprint density at radius 2 is 1.85 bits per heavy atom. The summed E-state index contributed by atoms with van der Waals surface area (Å²) >= 11 is 0. The number of hydrogen-bond donors (Lipinski definition) is 2. The Hall–Kier alpha value is -4.08. The largest absolute Gasteiger partial charge is 0.459 e. The first kappa shape index (κ1) is 23.1. The molecular weight excluding hydrogens is 451 g/mol. The summed E-state index contributed by atoms with van der Waals surface area (Å²) in [5.74, 6) is -1.74. The molecule has 1 aliphatic heterocycles. The minimum absolute atomic E-state index is 0.00871. The lowest BCUT2D eigenvalue weighted by atomic mass is 10.1. The molecule has 176 valence electrons. The van der Waals surface area contributed by atoms with Crippen LogP contribution in [-0.4, -0.2) is 24.3 Å². The van der Waals surface area contributed by atoms with Gasteiger partial charge in [0.1, 0.15) is 0 Å². The van der Waals surface area contributed by atoms with Crippen molar-refractivity contribution in [1.82, 2.24) is 5.32 Å². The first-order chi connectivity index (χ1) is 16.2. The molecule has 2 N–H and O–H groups in total. The standard InChI is InChI=1S/C24H20F3N3O4/c25-24(26,27)17-5-2-7-19(12-17)30-14-16(11-21(30)31)22(32)28-13-15-4-1-6-18(10-15)29-23(33)20-8-3-9-34-20/h1-10,12,16H,11,13-14H2,(H,28,32)(H,29,33). The highest BCUT2D eigenvalue weighted by atomic mass is 19.4. The van der Waals surface area contributed by atoms with Gasteiger partial charge in [0.05, 0.1) is 17.7 Å². The predicted molar refractivity (Wildman–Crippen MR) is 117 cm³/mol. The average molecular weight is 471 g/mol. The van der Waals surface area contributed by atoms with Crippen molar-refractivity contribution in [2.24, 2.45) is 5.92 Å². The molecule has 0 spiro atoms. The fraction of sp³-hybridized carbons (Fsp3) is 0.208. The highest BCUT2D eigenvalue weighted by molar-refractivity contribution is 6.02. The predicted octanol–water partition coefficient (Wildman–Crippen LogP) is 4.22. The molecule has 1 aliphatic rings. The van der Waals surface area contributed by atoms with E-state index in [9.17, 15) is 27.6 Å². The number of rotatable bonds is 6. The van der Waals surface area contributed by atoms with Crippen LogP contribution >= 0.6 is 0 Å². The van der Waals surface area contributed by atoms with Crippen LogP contribution in [0, 0.1) is 5.92 Å². The van der Waals surface area contributed by atoms with E-state index in [1.165, 1.54) is 29.4 Å². The number of alkyl halides is 3. The van der Waals surface area contributed by atoms with Gasteiger partial charge in [-0.2, -0.15) is 13.2 Å². The minimum Gasteiger partial charge on any atom is -0.459 e. The third-order valence-corrected chi connectivity index (χ3v) is 5.38. The second kappa shape index (κ2) is 9.42. The Morgan fingerprint density at radius 3 is 2.59 bits per heavy atom. The van der Waals surface area contributed by atoms with Gasteiger partial charge in [-0.3, -0.25) is 14.4 Å². The molecule has 2 heterocycles. The number of anilines is 2. The van der Waals surface area contributed by atoms with Gasteiger partial charge in [-0.15, -0.1) is 0 Å². The van der Waals surface area contributed by atoms with Crippen molar-refractivity contribution in [3.63, 3.8) is 0 Å². The lowest BCUT2D eigenvalue weighted by Crippen LogP contribution is -2.32. The van der Waals surface area contributed by atoms with Crippen molar-refractivity contribution >= 4 is 29.1 Å². The number of carbonyl (C=O) groups is 3. The molecule has 3 amide bonds. The summed E-state index contributed by atoms with van der Waals surface area (Å²) in [4.78, 5) is 38.3. The maximum atomic E-state index is 13.0. The number of nitrogens with one attached hydrogen (secondary N) is 2. The Labute approximate surface area is 192 Å². The van der Waals surface area contributed by atoms with Crippen LogP contribution in [0.1, 0.15) is 28.1 Å². The normalized spacial score (nSPS) is 15.9. The number of hydrogen-bond acceptors (Lipinski definition) is 4. The van der Waals surface area contributed by atoms with E-state index in [2.05, 4.69) is 10.6 Å². The first-order valence-corrected chi connectivity index (χ1v) is 10.4. The maximum Gasteiger partial charge on any atom is 0.416 e. The monoisotopic (exact) mass is 471 g/mol. The fourth-order valence-electron chi connectivity index (χ4n) is 3.68. The molecule has 2 aromatic carbocycles.